The van der Waals surface area contributed by atoms with Crippen molar-refractivity contribution in [3.8, 4) is 0 Å². The number of halogens is 3. The Hall–Kier alpha value is -1.97. The summed E-state index contributed by atoms with van der Waals surface area (Å²) in [5.41, 5.74) is 0.429. The molecular weight excluding hydrogens is 379 g/mol. The fraction of sp³-hybridized carbons (Fsp3) is 0.389. The molecule has 9 heteroatoms. The molecule has 1 saturated heterocycles. The molecule has 2 atom stereocenters. The molecule has 1 aromatic carbocycles. The summed E-state index contributed by atoms with van der Waals surface area (Å²) in [7, 11) is -4.32. The van der Waals surface area contributed by atoms with Gasteiger partial charge in [-0.3, -0.25) is 4.98 Å². The standard InChI is InChI=1S/C18H18F3N3O2S/c19-18(20,21)15-5-1-2-6-16(15)27(25,26)24-10-12-4-3-7-23-17(12)14-9-22-8-13(14)11-24/h1-7,13-14,22H,8-11H2/t13-,14+/m0/s1. The van der Waals surface area contributed by atoms with Crippen molar-refractivity contribution >= 4 is 10.0 Å². The van der Waals surface area contributed by atoms with Crippen molar-refractivity contribution in [1.29, 1.82) is 0 Å². The van der Waals surface area contributed by atoms with Gasteiger partial charge in [0.2, 0.25) is 10.0 Å². The molecule has 0 unspecified atom stereocenters. The highest BCUT2D eigenvalue weighted by Gasteiger charge is 2.42. The Morgan fingerprint density at radius 3 is 2.67 bits per heavy atom. The summed E-state index contributed by atoms with van der Waals surface area (Å²) in [5.74, 6) is 0.0215. The normalized spacial score (nSPS) is 23.5. The number of nitrogens with zero attached hydrogens (tertiary/aromatic N) is 2. The predicted molar refractivity (Wildman–Crippen MR) is 92.4 cm³/mol. The van der Waals surface area contributed by atoms with E-state index in [4.69, 9.17) is 0 Å². The third kappa shape index (κ3) is 3.24. The van der Waals surface area contributed by atoms with Crippen molar-refractivity contribution in [2.75, 3.05) is 19.6 Å². The molecule has 0 saturated carbocycles. The van der Waals surface area contributed by atoms with Gasteiger partial charge in [-0.2, -0.15) is 17.5 Å². The minimum absolute atomic E-state index is 0.0185. The Balaban J connectivity index is 1.80. The third-order valence-corrected chi connectivity index (χ3v) is 7.08. The van der Waals surface area contributed by atoms with Gasteiger partial charge < -0.3 is 5.32 Å². The number of hydrogen-bond donors (Lipinski definition) is 1. The van der Waals surface area contributed by atoms with E-state index in [1.807, 2.05) is 0 Å². The molecule has 0 radical (unpaired) electrons. The number of rotatable bonds is 2. The van der Waals surface area contributed by atoms with Gasteiger partial charge in [0.25, 0.3) is 0 Å². The molecule has 0 aliphatic carbocycles. The monoisotopic (exact) mass is 397 g/mol. The summed E-state index contributed by atoms with van der Waals surface area (Å²) in [6, 6.07) is 7.85. The van der Waals surface area contributed by atoms with Crippen LogP contribution in [0.25, 0.3) is 0 Å². The maximum absolute atomic E-state index is 13.4. The van der Waals surface area contributed by atoms with Crippen LogP contribution in [-0.4, -0.2) is 37.3 Å². The van der Waals surface area contributed by atoms with E-state index in [0.29, 0.717) is 13.1 Å². The minimum Gasteiger partial charge on any atom is -0.316 e. The van der Waals surface area contributed by atoms with E-state index in [9.17, 15) is 21.6 Å². The van der Waals surface area contributed by atoms with Crippen molar-refractivity contribution in [3.05, 3.63) is 59.4 Å². The third-order valence-electron chi connectivity index (χ3n) is 5.21. The van der Waals surface area contributed by atoms with Gasteiger partial charge in [-0.1, -0.05) is 18.2 Å². The summed E-state index contributed by atoms with van der Waals surface area (Å²) < 4.78 is 67.7. The van der Waals surface area contributed by atoms with Crippen molar-refractivity contribution < 1.29 is 21.6 Å². The van der Waals surface area contributed by atoms with Gasteiger partial charge in [-0.15, -0.1) is 0 Å². The molecule has 1 N–H and O–H groups in total. The van der Waals surface area contributed by atoms with E-state index in [2.05, 4.69) is 10.3 Å². The van der Waals surface area contributed by atoms with E-state index >= 15 is 0 Å². The zero-order chi connectivity index (χ0) is 19.2. The van der Waals surface area contributed by atoms with Crippen LogP contribution in [0.15, 0.2) is 47.5 Å². The van der Waals surface area contributed by atoms with Crippen LogP contribution >= 0.6 is 0 Å². The predicted octanol–water partition coefficient (Wildman–Crippen LogP) is 2.61. The second-order valence-electron chi connectivity index (χ2n) is 6.86. The van der Waals surface area contributed by atoms with E-state index in [-0.39, 0.29) is 24.9 Å². The Morgan fingerprint density at radius 1 is 1.11 bits per heavy atom. The molecule has 5 nitrogen and oxygen atoms in total. The Labute approximate surface area is 155 Å². The second-order valence-corrected chi connectivity index (χ2v) is 8.77. The maximum atomic E-state index is 13.4. The Morgan fingerprint density at radius 2 is 1.89 bits per heavy atom. The average molecular weight is 397 g/mol. The quantitative estimate of drug-likeness (QED) is 0.846. The molecule has 3 heterocycles. The number of nitrogens with one attached hydrogen (secondary N) is 1. The molecule has 2 aliphatic rings. The van der Waals surface area contributed by atoms with Crippen molar-refractivity contribution in [3.63, 3.8) is 0 Å². The van der Waals surface area contributed by atoms with Crippen LogP contribution in [0, 0.1) is 5.92 Å². The Kier molecular flexibility index (Phi) is 4.48. The fourth-order valence-corrected chi connectivity index (χ4v) is 5.61. The highest BCUT2D eigenvalue weighted by Crippen LogP contribution is 2.38. The van der Waals surface area contributed by atoms with E-state index in [0.717, 1.165) is 27.7 Å². The van der Waals surface area contributed by atoms with Crippen LogP contribution in [-0.2, 0) is 22.7 Å². The summed E-state index contributed by atoms with van der Waals surface area (Å²) >= 11 is 0. The summed E-state index contributed by atoms with van der Waals surface area (Å²) in [5, 5.41) is 3.24. The first-order chi connectivity index (χ1) is 12.8. The molecule has 2 aromatic rings. The molecule has 0 spiro atoms. The van der Waals surface area contributed by atoms with Gasteiger partial charge in [0, 0.05) is 37.4 Å². The lowest BCUT2D eigenvalue weighted by Gasteiger charge is -2.25. The van der Waals surface area contributed by atoms with Gasteiger partial charge in [-0.25, -0.2) is 8.42 Å². The first-order valence-corrected chi connectivity index (χ1v) is 10.0. The van der Waals surface area contributed by atoms with Gasteiger partial charge in [0.1, 0.15) is 0 Å². The number of sulfonamides is 1. The van der Waals surface area contributed by atoms with E-state index in [1.54, 1.807) is 18.3 Å². The van der Waals surface area contributed by atoms with Gasteiger partial charge in [0.15, 0.2) is 0 Å². The minimum atomic E-state index is -4.74. The number of fused-ring (bicyclic) bond motifs is 3. The van der Waals surface area contributed by atoms with Crippen LogP contribution in [0.4, 0.5) is 13.2 Å². The number of pyridine rings is 1. The summed E-state index contributed by atoms with van der Waals surface area (Å²) in [4.78, 5) is 3.72. The topological polar surface area (TPSA) is 62.3 Å². The lowest BCUT2D eigenvalue weighted by Crippen LogP contribution is -2.36. The van der Waals surface area contributed by atoms with Gasteiger partial charge in [-0.05, 0) is 36.2 Å². The van der Waals surface area contributed by atoms with Crippen LogP contribution in [0.1, 0.15) is 22.7 Å². The summed E-state index contributed by atoms with van der Waals surface area (Å²) in [6.07, 6.45) is -3.08. The molecule has 2 aliphatic heterocycles. The molecule has 1 aromatic heterocycles. The van der Waals surface area contributed by atoms with Crippen molar-refractivity contribution in [1.82, 2.24) is 14.6 Å². The highest BCUT2D eigenvalue weighted by atomic mass is 32.2. The molecule has 144 valence electrons. The number of alkyl halides is 3. The zero-order valence-corrected chi connectivity index (χ0v) is 15.1. The van der Waals surface area contributed by atoms with Crippen molar-refractivity contribution in [2.45, 2.75) is 23.5 Å². The lowest BCUT2D eigenvalue weighted by molar-refractivity contribution is -0.139. The van der Waals surface area contributed by atoms with E-state index in [1.165, 1.54) is 12.1 Å². The largest absolute Gasteiger partial charge is 0.417 e. The first kappa shape index (κ1) is 18.4. The molecule has 0 amide bonds. The maximum Gasteiger partial charge on any atom is 0.417 e. The fourth-order valence-electron chi connectivity index (χ4n) is 3.93. The SMILES string of the molecule is O=S(=O)(c1ccccc1C(F)(F)F)N1Cc2cccnc2[C@@H]2CNC[C@H]2C1. The molecule has 0 bridgehead atoms. The van der Waals surface area contributed by atoms with Crippen LogP contribution in [0.3, 0.4) is 0 Å². The lowest BCUT2D eigenvalue weighted by atomic mass is 9.91. The van der Waals surface area contributed by atoms with Crippen molar-refractivity contribution in [2.24, 2.45) is 5.92 Å². The average Bonchev–Trinajstić information content (AvgIpc) is 3.02. The number of benzene rings is 1. The molecular formula is C18H18F3N3O2S. The molecule has 4 rings (SSSR count). The Bertz CT molecular complexity index is 962. The molecule has 1 fully saturated rings. The first-order valence-electron chi connectivity index (χ1n) is 8.59. The number of hydrogen-bond acceptors (Lipinski definition) is 4. The zero-order valence-electron chi connectivity index (χ0n) is 14.3. The number of aromatic nitrogens is 1. The summed E-state index contributed by atoms with van der Waals surface area (Å²) in [6.45, 7) is 1.46. The van der Waals surface area contributed by atoms with Crippen LogP contribution in [0.5, 0.6) is 0 Å². The van der Waals surface area contributed by atoms with Crippen LogP contribution in [0.2, 0.25) is 0 Å². The smallest absolute Gasteiger partial charge is 0.316 e. The highest BCUT2D eigenvalue weighted by molar-refractivity contribution is 7.89. The van der Waals surface area contributed by atoms with Gasteiger partial charge >= 0.3 is 6.18 Å². The van der Waals surface area contributed by atoms with E-state index < -0.39 is 26.7 Å². The van der Waals surface area contributed by atoms with Crippen LogP contribution < -0.4 is 5.32 Å². The second kappa shape index (κ2) is 6.57. The van der Waals surface area contributed by atoms with Gasteiger partial charge in [0.05, 0.1) is 10.5 Å². The molecule has 27 heavy (non-hydrogen) atoms.